The van der Waals surface area contributed by atoms with Crippen molar-refractivity contribution in [2.75, 3.05) is 0 Å². The molecule has 0 unspecified atom stereocenters. The third kappa shape index (κ3) is 4.45. The molecule has 2 aromatic carbocycles. The molecule has 0 atom stereocenters. The SMILES string of the molecule is Cc1nn(-c2ccccc2)c(Oc2ccc([N+](=O)[O-])cc2)c1C=C1C(=O)OC(C)(C)OC1=O. The summed E-state index contributed by atoms with van der Waals surface area (Å²) in [4.78, 5) is 35.4. The number of aromatic nitrogens is 2. The van der Waals surface area contributed by atoms with Gasteiger partial charge in [0.05, 0.1) is 21.9 Å². The second kappa shape index (κ2) is 8.23. The topological polar surface area (TPSA) is 123 Å². The largest absolute Gasteiger partial charge is 0.438 e. The number of cyclic esters (lactones) is 2. The molecule has 3 aromatic rings. The van der Waals surface area contributed by atoms with Crippen LogP contribution in [0.5, 0.6) is 11.6 Å². The van der Waals surface area contributed by atoms with Crippen molar-refractivity contribution in [3.8, 4) is 17.3 Å². The number of aryl methyl sites for hydroxylation is 1. The average Bonchev–Trinajstić information content (AvgIpc) is 3.06. The zero-order valence-corrected chi connectivity index (χ0v) is 18.0. The molecule has 1 aromatic heterocycles. The molecule has 0 aliphatic carbocycles. The molecule has 0 bridgehead atoms. The number of esters is 2. The van der Waals surface area contributed by atoms with Gasteiger partial charge in [-0.1, -0.05) is 18.2 Å². The van der Waals surface area contributed by atoms with Gasteiger partial charge in [-0.15, -0.1) is 0 Å². The Morgan fingerprint density at radius 2 is 1.64 bits per heavy atom. The molecular weight excluding hydrogens is 430 g/mol. The minimum atomic E-state index is -1.37. The number of non-ortho nitro benzene ring substituents is 1. The summed E-state index contributed by atoms with van der Waals surface area (Å²) in [6.07, 6.45) is 1.31. The lowest BCUT2D eigenvalue weighted by atomic mass is 10.1. The van der Waals surface area contributed by atoms with Crippen LogP contribution in [-0.2, 0) is 19.1 Å². The Morgan fingerprint density at radius 1 is 1.03 bits per heavy atom. The Kier molecular flexibility index (Phi) is 5.42. The highest BCUT2D eigenvalue weighted by molar-refractivity contribution is 6.19. The van der Waals surface area contributed by atoms with E-state index in [1.165, 1.54) is 48.9 Å². The van der Waals surface area contributed by atoms with E-state index < -0.39 is 22.6 Å². The summed E-state index contributed by atoms with van der Waals surface area (Å²) in [5, 5.41) is 15.5. The lowest BCUT2D eigenvalue weighted by Gasteiger charge is -2.29. The van der Waals surface area contributed by atoms with Gasteiger partial charge in [0.1, 0.15) is 11.3 Å². The summed E-state index contributed by atoms with van der Waals surface area (Å²) in [6.45, 7) is 4.61. The Hall–Kier alpha value is -4.47. The highest BCUT2D eigenvalue weighted by Crippen LogP contribution is 2.34. The Balaban J connectivity index is 1.82. The van der Waals surface area contributed by atoms with Crippen LogP contribution >= 0.6 is 0 Å². The molecule has 33 heavy (non-hydrogen) atoms. The minimum Gasteiger partial charge on any atom is -0.438 e. The van der Waals surface area contributed by atoms with Crippen molar-refractivity contribution in [3.63, 3.8) is 0 Å². The van der Waals surface area contributed by atoms with Crippen LogP contribution in [0, 0.1) is 17.0 Å². The zero-order valence-electron chi connectivity index (χ0n) is 18.0. The molecule has 10 heteroatoms. The molecule has 168 valence electrons. The van der Waals surface area contributed by atoms with Gasteiger partial charge in [0.25, 0.3) is 11.5 Å². The van der Waals surface area contributed by atoms with Gasteiger partial charge >= 0.3 is 11.9 Å². The lowest BCUT2D eigenvalue weighted by molar-refractivity contribution is -0.384. The van der Waals surface area contributed by atoms with Crippen molar-refractivity contribution in [2.24, 2.45) is 0 Å². The molecule has 1 aliphatic heterocycles. The smallest absolute Gasteiger partial charge is 0.348 e. The summed E-state index contributed by atoms with van der Waals surface area (Å²) in [5.41, 5.74) is 1.08. The fraction of sp³-hybridized carbons (Fsp3) is 0.174. The van der Waals surface area contributed by atoms with Crippen LogP contribution in [0.4, 0.5) is 5.69 Å². The van der Waals surface area contributed by atoms with Crippen molar-refractivity contribution in [1.29, 1.82) is 0 Å². The maximum absolute atomic E-state index is 12.5. The fourth-order valence-corrected chi connectivity index (χ4v) is 3.20. The van der Waals surface area contributed by atoms with Gasteiger partial charge in [0, 0.05) is 26.0 Å². The number of hydrogen-bond donors (Lipinski definition) is 0. The van der Waals surface area contributed by atoms with E-state index in [0.717, 1.165) is 0 Å². The second-order valence-electron chi connectivity index (χ2n) is 7.64. The standard InChI is InChI=1S/C23H19N3O7/c1-14-18(13-19-21(27)32-23(2,3)33-22(19)28)20(25(24-14)15-7-5-4-6-8-15)31-17-11-9-16(10-12-17)26(29)30/h4-13H,1-3H3. The Labute approximate surface area is 188 Å². The van der Waals surface area contributed by atoms with Crippen molar-refractivity contribution in [3.05, 3.63) is 81.5 Å². The quantitative estimate of drug-likeness (QED) is 0.188. The number of nitro groups is 1. The minimum absolute atomic E-state index is 0.0900. The van der Waals surface area contributed by atoms with Crippen molar-refractivity contribution in [2.45, 2.75) is 26.6 Å². The number of nitro benzene ring substituents is 1. The van der Waals surface area contributed by atoms with E-state index >= 15 is 0 Å². The summed E-state index contributed by atoms with van der Waals surface area (Å²) in [5.74, 6) is -2.53. The van der Waals surface area contributed by atoms with Crippen LogP contribution in [0.2, 0.25) is 0 Å². The van der Waals surface area contributed by atoms with Gasteiger partial charge < -0.3 is 14.2 Å². The van der Waals surface area contributed by atoms with E-state index in [9.17, 15) is 19.7 Å². The van der Waals surface area contributed by atoms with Crippen molar-refractivity contribution in [1.82, 2.24) is 9.78 Å². The van der Waals surface area contributed by atoms with E-state index in [-0.39, 0.29) is 17.1 Å². The van der Waals surface area contributed by atoms with Gasteiger partial charge in [-0.2, -0.15) is 9.78 Å². The summed E-state index contributed by atoms with van der Waals surface area (Å²) >= 11 is 0. The molecular formula is C23H19N3O7. The third-order valence-corrected chi connectivity index (χ3v) is 4.73. The van der Waals surface area contributed by atoms with E-state index in [4.69, 9.17) is 14.2 Å². The number of nitrogens with zero attached hydrogens (tertiary/aromatic N) is 3. The number of benzene rings is 2. The highest BCUT2D eigenvalue weighted by atomic mass is 16.7. The summed E-state index contributed by atoms with van der Waals surface area (Å²) in [7, 11) is 0. The molecule has 0 radical (unpaired) electrons. The first-order chi connectivity index (χ1) is 15.6. The van der Waals surface area contributed by atoms with Crippen molar-refractivity contribution >= 4 is 23.7 Å². The third-order valence-electron chi connectivity index (χ3n) is 4.73. The van der Waals surface area contributed by atoms with Gasteiger partial charge in [0.15, 0.2) is 0 Å². The maximum atomic E-state index is 12.5. The van der Waals surface area contributed by atoms with Gasteiger partial charge in [-0.05, 0) is 37.3 Å². The molecule has 0 amide bonds. The second-order valence-corrected chi connectivity index (χ2v) is 7.64. The van der Waals surface area contributed by atoms with Crippen LogP contribution in [-0.4, -0.2) is 32.4 Å². The first-order valence-corrected chi connectivity index (χ1v) is 9.90. The van der Waals surface area contributed by atoms with Crippen LogP contribution in [0.15, 0.2) is 60.2 Å². The molecule has 0 N–H and O–H groups in total. The van der Waals surface area contributed by atoms with E-state index in [0.29, 0.717) is 22.7 Å². The zero-order chi connectivity index (χ0) is 23.8. The molecule has 4 rings (SSSR count). The van der Waals surface area contributed by atoms with Crippen molar-refractivity contribution < 1.29 is 28.7 Å². The number of rotatable bonds is 5. The molecule has 0 saturated carbocycles. The molecule has 1 aliphatic rings. The fourth-order valence-electron chi connectivity index (χ4n) is 3.20. The maximum Gasteiger partial charge on any atom is 0.348 e. The number of carbonyl (C=O) groups is 2. The lowest BCUT2D eigenvalue weighted by Crippen LogP contribution is -2.41. The Morgan fingerprint density at radius 3 is 2.21 bits per heavy atom. The number of hydrogen-bond acceptors (Lipinski definition) is 8. The van der Waals surface area contributed by atoms with Crippen LogP contribution in [0.25, 0.3) is 11.8 Å². The molecule has 1 fully saturated rings. The summed E-state index contributed by atoms with van der Waals surface area (Å²) in [6, 6.07) is 14.6. The molecule has 2 heterocycles. The predicted octanol–water partition coefficient (Wildman–Crippen LogP) is 4.10. The monoisotopic (exact) mass is 449 g/mol. The summed E-state index contributed by atoms with van der Waals surface area (Å²) < 4.78 is 17.9. The highest BCUT2D eigenvalue weighted by Gasteiger charge is 2.39. The normalized spacial score (nSPS) is 14.9. The number of carbonyl (C=O) groups excluding carboxylic acids is 2. The molecule has 10 nitrogen and oxygen atoms in total. The van der Waals surface area contributed by atoms with Crippen LogP contribution in [0.3, 0.4) is 0 Å². The first kappa shape index (κ1) is 21.8. The molecule has 1 saturated heterocycles. The van der Waals surface area contributed by atoms with Gasteiger partial charge in [-0.25, -0.2) is 9.59 Å². The van der Waals surface area contributed by atoms with E-state index in [2.05, 4.69) is 5.10 Å². The number of para-hydroxylation sites is 1. The first-order valence-electron chi connectivity index (χ1n) is 9.90. The van der Waals surface area contributed by atoms with E-state index in [1.54, 1.807) is 19.1 Å². The predicted molar refractivity (Wildman–Crippen MR) is 116 cm³/mol. The number of ether oxygens (including phenoxy) is 3. The van der Waals surface area contributed by atoms with E-state index in [1.807, 2.05) is 18.2 Å². The molecule has 0 spiro atoms. The van der Waals surface area contributed by atoms with Gasteiger partial charge in [-0.3, -0.25) is 10.1 Å². The van der Waals surface area contributed by atoms with Gasteiger partial charge in [0.2, 0.25) is 5.88 Å². The van der Waals surface area contributed by atoms with Crippen LogP contribution in [0.1, 0.15) is 25.1 Å². The Bertz CT molecular complexity index is 1250. The average molecular weight is 449 g/mol. The van der Waals surface area contributed by atoms with Crippen LogP contribution < -0.4 is 4.74 Å².